The molecule has 0 heterocycles. The number of ether oxygens (including phenoxy) is 1. The summed E-state index contributed by atoms with van der Waals surface area (Å²) in [5.41, 5.74) is 0.166. The molecule has 0 aliphatic carbocycles. The molecule has 1 aromatic rings. The molecular weight excluding hydrogens is 214 g/mol. The molecule has 0 fully saturated rings. The van der Waals surface area contributed by atoms with Crippen molar-refractivity contribution in [3.8, 4) is 5.75 Å². The second-order valence-electron chi connectivity index (χ2n) is 4.58. The SMILES string of the molecule is CCCOc1ccc(C(=O)C(C)(C)NC)cc1. The molecule has 0 aromatic heterocycles. The molecule has 0 radical (unpaired) electrons. The van der Waals surface area contributed by atoms with E-state index in [2.05, 4.69) is 12.2 Å². The normalized spacial score (nSPS) is 11.3. The minimum absolute atomic E-state index is 0.0852. The zero-order valence-corrected chi connectivity index (χ0v) is 11.0. The number of ketones is 1. The van der Waals surface area contributed by atoms with E-state index in [0.29, 0.717) is 12.2 Å². The molecule has 3 nitrogen and oxygen atoms in total. The van der Waals surface area contributed by atoms with Crippen LogP contribution in [-0.2, 0) is 0 Å². The standard InChI is InChI=1S/C14H21NO2/c1-5-10-17-12-8-6-11(7-9-12)13(16)14(2,3)15-4/h6-9,15H,5,10H2,1-4H3. The van der Waals surface area contributed by atoms with Crippen molar-refractivity contribution in [1.29, 1.82) is 0 Å². The molecule has 0 bridgehead atoms. The monoisotopic (exact) mass is 235 g/mol. The molecule has 1 N–H and O–H groups in total. The number of likely N-dealkylation sites (N-methyl/N-ethyl adjacent to an activating group) is 1. The Morgan fingerprint density at radius 2 is 1.88 bits per heavy atom. The molecule has 0 unspecified atom stereocenters. The third-order valence-corrected chi connectivity index (χ3v) is 2.78. The lowest BCUT2D eigenvalue weighted by Crippen LogP contribution is -2.44. The van der Waals surface area contributed by atoms with Crippen LogP contribution in [-0.4, -0.2) is 25.0 Å². The van der Waals surface area contributed by atoms with Crippen LogP contribution in [0.5, 0.6) is 5.75 Å². The van der Waals surface area contributed by atoms with Gasteiger partial charge in [0, 0.05) is 5.56 Å². The number of hydrogen-bond donors (Lipinski definition) is 1. The molecule has 0 saturated heterocycles. The van der Waals surface area contributed by atoms with Crippen LogP contribution in [0.4, 0.5) is 0 Å². The molecular formula is C14H21NO2. The van der Waals surface area contributed by atoms with E-state index < -0.39 is 5.54 Å². The van der Waals surface area contributed by atoms with Crippen molar-refractivity contribution in [2.75, 3.05) is 13.7 Å². The number of hydrogen-bond acceptors (Lipinski definition) is 3. The van der Waals surface area contributed by atoms with Crippen LogP contribution in [0.1, 0.15) is 37.6 Å². The van der Waals surface area contributed by atoms with Gasteiger partial charge in [-0.25, -0.2) is 0 Å². The predicted octanol–water partition coefficient (Wildman–Crippen LogP) is 2.66. The van der Waals surface area contributed by atoms with Gasteiger partial charge in [0.05, 0.1) is 12.1 Å². The first-order chi connectivity index (χ1) is 8.01. The summed E-state index contributed by atoms with van der Waals surface area (Å²) in [5.74, 6) is 0.896. The van der Waals surface area contributed by atoms with Gasteiger partial charge in [0.15, 0.2) is 5.78 Å². The molecule has 3 heteroatoms. The second kappa shape index (κ2) is 5.82. The van der Waals surface area contributed by atoms with E-state index in [1.807, 2.05) is 38.1 Å². The summed E-state index contributed by atoms with van der Waals surface area (Å²) in [4.78, 5) is 12.1. The third kappa shape index (κ3) is 3.56. The van der Waals surface area contributed by atoms with Gasteiger partial charge in [-0.15, -0.1) is 0 Å². The van der Waals surface area contributed by atoms with Gasteiger partial charge in [0.2, 0.25) is 0 Å². The van der Waals surface area contributed by atoms with Crippen LogP contribution in [0.2, 0.25) is 0 Å². The fourth-order valence-electron chi connectivity index (χ4n) is 1.40. The fourth-order valence-corrected chi connectivity index (χ4v) is 1.40. The number of carbonyl (C=O) groups excluding carboxylic acids is 1. The Kier molecular flexibility index (Phi) is 4.70. The molecule has 94 valence electrons. The zero-order chi connectivity index (χ0) is 12.9. The number of carbonyl (C=O) groups is 1. The molecule has 1 aromatic carbocycles. The van der Waals surface area contributed by atoms with Crippen LogP contribution in [0.3, 0.4) is 0 Å². The van der Waals surface area contributed by atoms with Crippen molar-refractivity contribution in [2.45, 2.75) is 32.7 Å². The van der Waals surface area contributed by atoms with E-state index in [1.165, 1.54) is 0 Å². The van der Waals surface area contributed by atoms with Crippen molar-refractivity contribution in [2.24, 2.45) is 0 Å². The topological polar surface area (TPSA) is 38.3 Å². The predicted molar refractivity (Wildman–Crippen MR) is 69.7 cm³/mol. The minimum Gasteiger partial charge on any atom is -0.494 e. The summed E-state index contributed by atoms with van der Waals surface area (Å²) in [7, 11) is 1.79. The minimum atomic E-state index is -0.536. The van der Waals surface area contributed by atoms with Crippen LogP contribution in [0, 0.1) is 0 Å². The van der Waals surface area contributed by atoms with Crippen LogP contribution in [0.15, 0.2) is 24.3 Å². The molecule has 0 spiro atoms. The second-order valence-corrected chi connectivity index (χ2v) is 4.58. The van der Waals surface area contributed by atoms with Crippen molar-refractivity contribution in [3.63, 3.8) is 0 Å². The Labute approximate surface area is 103 Å². The maximum absolute atomic E-state index is 12.1. The Balaban J connectivity index is 2.77. The summed E-state index contributed by atoms with van der Waals surface area (Å²) in [6, 6.07) is 7.31. The first kappa shape index (κ1) is 13.7. The number of Topliss-reactive ketones (excluding diaryl/α,β-unsaturated/α-hetero) is 1. The van der Waals surface area contributed by atoms with E-state index in [9.17, 15) is 4.79 Å². The van der Waals surface area contributed by atoms with Crippen molar-refractivity contribution in [3.05, 3.63) is 29.8 Å². The van der Waals surface area contributed by atoms with Gasteiger partial charge in [-0.05, 0) is 51.6 Å². The van der Waals surface area contributed by atoms with Crippen LogP contribution < -0.4 is 10.1 Å². The number of benzene rings is 1. The quantitative estimate of drug-likeness (QED) is 0.770. The van der Waals surface area contributed by atoms with Crippen LogP contribution >= 0.6 is 0 Å². The molecule has 0 atom stereocenters. The smallest absolute Gasteiger partial charge is 0.182 e. The Morgan fingerprint density at radius 1 is 1.29 bits per heavy atom. The average molecular weight is 235 g/mol. The third-order valence-electron chi connectivity index (χ3n) is 2.78. The highest BCUT2D eigenvalue weighted by Gasteiger charge is 2.26. The van der Waals surface area contributed by atoms with E-state index in [-0.39, 0.29) is 5.78 Å². The van der Waals surface area contributed by atoms with Crippen molar-refractivity contribution >= 4 is 5.78 Å². The lowest BCUT2D eigenvalue weighted by molar-refractivity contribution is 0.0889. The Hall–Kier alpha value is -1.35. The highest BCUT2D eigenvalue weighted by Crippen LogP contribution is 2.17. The van der Waals surface area contributed by atoms with Gasteiger partial charge in [0.25, 0.3) is 0 Å². The number of nitrogens with one attached hydrogen (secondary N) is 1. The maximum atomic E-state index is 12.1. The molecule has 1 rings (SSSR count). The zero-order valence-electron chi connectivity index (χ0n) is 11.0. The largest absolute Gasteiger partial charge is 0.494 e. The van der Waals surface area contributed by atoms with Crippen molar-refractivity contribution in [1.82, 2.24) is 5.32 Å². The average Bonchev–Trinajstić information content (AvgIpc) is 2.36. The Morgan fingerprint density at radius 3 is 2.35 bits per heavy atom. The lowest BCUT2D eigenvalue weighted by Gasteiger charge is -2.22. The Bertz CT molecular complexity index is 368. The summed E-state index contributed by atoms with van der Waals surface area (Å²) in [6.07, 6.45) is 0.980. The van der Waals surface area contributed by atoms with Gasteiger partial charge >= 0.3 is 0 Å². The highest BCUT2D eigenvalue weighted by atomic mass is 16.5. The van der Waals surface area contributed by atoms with Gasteiger partial charge in [-0.1, -0.05) is 6.92 Å². The van der Waals surface area contributed by atoms with Gasteiger partial charge in [-0.2, -0.15) is 0 Å². The molecule has 0 amide bonds. The van der Waals surface area contributed by atoms with E-state index >= 15 is 0 Å². The lowest BCUT2D eigenvalue weighted by atomic mass is 9.93. The first-order valence-corrected chi connectivity index (χ1v) is 5.98. The summed E-state index contributed by atoms with van der Waals surface area (Å²) < 4.78 is 5.47. The van der Waals surface area contributed by atoms with Crippen molar-refractivity contribution < 1.29 is 9.53 Å². The maximum Gasteiger partial charge on any atom is 0.182 e. The molecule has 17 heavy (non-hydrogen) atoms. The van der Waals surface area contributed by atoms with E-state index in [4.69, 9.17) is 4.74 Å². The van der Waals surface area contributed by atoms with E-state index in [0.717, 1.165) is 12.2 Å². The van der Waals surface area contributed by atoms with E-state index in [1.54, 1.807) is 7.05 Å². The van der Waals surface area contributed by atoms with Crippen LogP contribution in [0.25, 0.3) is 0 Å². The number of rotatable bonds is 6. The van der Waals surface area contributed by atoms with Gasteiger partial charge in [-0.3, -0.25) is 4.79 Å². The summed E-state index contributed by atoms with van der Waals surface area (Å²) >= 11 is 0. The van der Waals surface area contributed by atoms with Gasteiger partial charge < -0.3 is 10.1 Å². The fraction of sp³-hybridized carbons (Fsp3) is 0.500. The molecule has 0 aliphatic heterocycles. The first-order valence-electron chi connectivity index (χ1n) is 5.98. The summed E-state index contributed by atoms with van der Waals surface area (Å²) in [6.45, 7) is 6.51. The summed E-state index contributed by atoms with van der Waals surface area (Å²) in [5, 5.41) is 3.01. The molecule has 0 aliphatic rings. The highest BCUT2D eigenvalue weighted by molar-refractivity contribution is 6.02. The van der Waals surface area contributed by atoms with Gasteiger partial charge in [0.1, 0.15) is 5.75 Å². The molecule has 0 saturated carbocycles.